The van der Waals surface area contributed by atoms with E-state index in [0.717, 1.165) is 24.2 Å². The van der Waals surface area contributed by atoms with Crippen molar-refractivity contribution in [1.29, 1.82) is 0 Å². The smallest absolute Gasteiger partial charge is 0.225 e. The third kappa shape index (κ3) is 4.74. The highest BCUT2D eigenvalue weighted by atomic mass is 19.2. The molecule has 146 valence electrons. The Kier molecular flexibility index (Phi) is 6.05. The van der Waals surface area contributed by atoms with Gasteiger partial charge in [0, 0.05) is 37.1 Å². The molecule has 2 aromatic heterocycles. The molecule has 0 aliphatic heterocycles. The predicted octanol–water partition coefficient (Wildman–Crippen LogP) is 3.67. The molecule has 1 aromatic carbocycles. The van der Waals surface area contributed by atoms with Gasteiger partial charge in [0.15, 0.2) is 11.6 Å². The van der Waals surface area contributed by atoms with E-state index in [1.807, 2.05) is 19.0 Å². The highest BCUT2D eigenvalue weighted by molar-refractivity contribution is 5.67. The maximum atomic E-state index is 14.0. The van der Waals surface area contributed by atoms with E-state index in [-0.39, 0.29) is 11.8 Å². The van der Waals surface area contributed by atoms with Gasteiger partial charge in [-0.2, -0.15) is 4.98 Å². The van der Waals surface area contributed by atoms with Crippen molar-refractivity contribution in [3.05, 3.63) is 60.2 Å². The van der Waals surface area contributed by atoms with Crippen molar-refractivity contribution in [2.75, 3.05) is 37.8 Å². The van der Waals surface area contributed by atoms with E-state index in [1.54, 1.807) is 24.5 Å². The van der Waals surface area contributed by atoms with E-state index >= 15 is 0 Å². The molecule has 0 bridgehead atoms. The summed E-state index contributed by atoms with van der Waals surface area (Å²) in [6.07, 6.45) is 3.21. The fourth-order valence-corrected chi connectivity index (χ4v) is 2.42. The van der Waals surface area contributed by atoms with Gasteiger partial charge in [0.05, 0.1) is 5.69 Å². The molecule has 0 saturated heterocycles. The Morgan fingerprint density at radius 1 is 0.964 bits per heavy atom. The topological polar surface area (TPSA) is 66.0 Å². The van der Waals surface area contributed by atoms with Crippen molar-refractivity contribution in [2.24, 2.45) is 0 Å². The monoisotopic (exact) mass is 388 g/mol. The fraction of sp³-hybridized carbons (Fsp3) is 0.211. The van der Waals surface area contributed by atoms with Crippen LogP contribution in [0.5, 0.6) is 0 Å². The number of nitrogens with one attached hydrogen (secondary N) is 2. The summed E-state index contributed by atoms with van der Waals surface area (Å²) in [4.78, 5) is 14.6. The standard InChI is InChI=1S/C19H19F3N6/c1-28(2)10-9-24-19-25-15(12-5-7-23-8-6-12)11-16(27-19)26-18-14(21)4-3-13(20)17(18)22/h3-8,11H,9-10H2,1-2H3,(H2,24,25,26,27). The Bertz CT molecular complexity index is 950. The zero-order chi connectivity index (χ0) is 20.1. The number of nitrogens with zero attached hydrogens (tertiary/aromatic N) is 4. The predicted molar refractivity (Wildman–Crippen MR) is 102 cm³/mol. The van der Waals surface area contributed by atoms with Crippen LogP contribution in [0.2, 0.25) is 0 Å². The average molecular weight is 388 g/mol. The Morgan fingerprint density at radius 3 is 2.39 bits per heavy atom. The molecule has 2 heterocycles. The van der Waals surface area contributed by atoms with Gasteiger partial charge in [-0.3, -0.25) is 4.98 Å². The zero-order valence-corrected chi connectivity index (χ0v) is 15.4. The lowest BCUT2D eigenvalue weighted by molar-refractivity contribution is 0.425. The van der Waals surface area contributed by atoms with E-state index in [4.69, 9.17) is 0 Å². The molecule has 3 aromatic rings. The van der Waals surface area contributed by atoms with Gasteiger partial charge in [-0.1, -0.05) is 0 Å². The number of pyridine rings is 1. The van der Waals surface area contributed by atoms with Crippen molar-refractivity contribution in [2.45, 2.75) is 0 Å². The van der Waals surface area contributed by atoms with Crippen molar-refractivity contribution < 1.29 is 13.2 Å². The van der Waals surface area contributed by atoms with Gasteiger partial charge in [-0.15, -0.1) is 0 Å². The number of benzene rings is 1. The molecule has 0 atom stereocenters. The average Bonchev–Trinajstić information content (AvgIpc) is 2.68. The normalized spacial score (nSPS) is 10.9. The molecule has 9 heteroatoms. The van der Waals surface area contributed by atoms with Crippen molar-refractivity contribution >= 4 is 17.5 Å². The van der Waals surface area contributed by atoms with Crippen LogP contribution in [0.3, 0.4) is 0 Å². The van der Waals surface area contributed by atoms with Gasteiger partial charge in [0.1, 0.15) is 17.3 Å². The molecule has 0 amide bonds. The zero-order valence-electron chi connectivity index (χ0n) is 15.4. The lowest BCUT2D eigenvalue weighted by Crippen LogP contribution is -2.21. The van der Waals surface area contributed by atoms with Gasteiger partial charge in [0.25, 0.3) is 0 Å². The highest BCUT2D eigenvalue weighted by Crippen LogP contribution is 2.27. The Labute approximate surface area is 160 Å². The Hall–Kier alpha value is -3.20. The second-order valence-electron chi connectivity index (χ2n) is 6.27. The molecule has 28 heavy (non-hydrogen) atoms. The SMILES string of the molecule is CN(C)CCNc1nc(Nc2c(F)ccc(F)c2F)cc(-c2ccncc2)n1. The molecule has 0 fully saturated rings. The largest absolute Gasteiger partial charge is 0.353 e. The summed E-state index contributed by atoms with van der Waals surface area (Å²) in [6.45, 7) is 1.30. The number of rotatable bonds is 7. The van der Waals surface area contributed by atoms with Crippen LogP contribution in [-0.4, -0.2) is 47.0 Å². The molecular weight excluding hydrogens is 369 g/mol. The molecule has 0 unspecified atom stereocenters. The molecular formula is C19H19F3N6. The maximum absolute atomic E-state index is 14.0. The first-order valence-electron chi connectivity index (χ1n) is 8.52. The second-order valence-corrected chi connectivity index (χ2v) is 6.27. The minimum atomic E-state index is -1.31. The van der Waals surface area contributed by atoms with Crippen LogP contribution >= 0.6 is 0 Å². The van der Waals surface area contributed by atoms with Gasteiger partial charge >= 0.3 is 0 Å². The van der Waals surface area contributed by atoms with Gasteiger partial charge in [-0.05, 0) is 38.4 Å². The quantitative estimate of drug-likeness (QED) is 0.602. The lowest BCUT2D eigenvalue weighted by Gasteiger charge is -2.14. The first-order chi connectivity index (χ1) is 13.4. The van der Waals surface area contributed by atoms with Crippen LogP contribution in [0.4, 0.5) is 30.6 Å². The third-order valence-electron chi connectivity index (χ3n) is 3.84. The molecule has 3 rings (SSSR count). The van der Waals surface area contributed by atoms with Crippen molar-refractivity contribution in [3.63, 3.8) is 0 Å². The highest BCUT2D eigenvalue weighted by Gasteiger charge is 2.16. The minimum absolute atomic E-state index is 0.123. The number of aromatic nitrogens is 3. The summed E-state index contributed by atoms with van der Waals surface area (Å²) in [6, 6.07) is 6.60. The molecule has 0 aliphatic rings. The summed E-state index contributed by atoms with van der Waals surface area (Å²) < 4.78 is 41.5. The van der Waals surface area contributed by atoms with Crippen LogP contribution in [0.15, 0.2) is 42.7 Å². The van der Waals surface area contributed by atoms with Gasteiger partial charge in [0.2, 0.25) is 5.95 Å². The van der Waals surface area contributed by atoms with E-state index in [9.17, 15) is 13.2 Å². The van der Waals surface area contributed by atoms with Crippen LogP contribution in [-0.2, 0) is 0 Å². The molecule has 6 nitrogen and oxygen atoms in total. The fourth-order valence-electron chi connectivity index (χ4n) is 2.42. The van der Waals surface area contributed by atoms with Crippen molar-refractivity contribution in [1.82, 2.24) is 19.9 Å². The Morgan fingerprint density at radius 2 is 1.68 bits per heavy atom. The second kappa shape index (κ2) is 8.66. The first-order valence-corrected chi connectivity index (χ1v) is 8.52. The summed E-state index contributed by atoms with van der Waals surface area (Å²) in [5, 5.41) is 5.60. The van der Waals surface area contributed by atoms with Crippen LogP contribution in [0.1, 0.15) is 0 Å². The number of hydrogen-bond donors (Lipinski definition) is 2. The van der Waals surface area contributed by atoms with E-state index in [2.05, 4.69) is 25.6 Å². The minimum Gasteiger partial charge on any atom is -0.353 e. The summed E-state index contributed by atoms with van der Waals surface area (Å²) in [5.74, 6) is -3.00. The summed E-state index contributed by atoms with van der Waals surface area (Å²) in [7, 11) is 3.86. The van der Waals surface area contributed by atoms with Crippen LogP contribution < -0.4 is 10.6 Å². The number of halogens is 3. The van der Waals surface area contributed by atoms with E-state index in [1.165, 1.54) is 6.07 Å². The van der Waals surface area contributed by atoms with Crippen LogP contribution in [0.25, 0.3) is 11.3 Å². The number of likely N-dealkylation sites (N-methyl/N-ethyl adjacent to an activating group) is 1. The number of hydrogen-bond acceptors (Lipinski definition) is 6. The summed E-state index contributed by atoms with van der Waals surface area (Å²) in [5.41, 5.74) is 0.652. The Balaban J connectivity index is 1.96. The lowest BCUT2D eigenvalue weighted by atomic mass is 10.2. The molecule has 2 N–H and O–H groups in total. The third-order valence-corrected chi connectivity index (χ3v) is 3.84. The first kappa shape index (κ1) is 19.6. The molecule has 0 aliphatic carbocycles. The maximum Gasteiger partial charge on any atom is 0.225 e. The summed E-state index contributed by atoms with van der Waals surface area (Å²) >= 11 is 0. The molecule has 0 radical (unpaired) electrons. The number of anilines is 3. The van der Waals surface area contributed by atoms with Crippen molar-refractivity contribution in [3.8, 4) is 11.3 Å². The van der Waals surface area contributed by atoms with Gasteiger partial charge in [-0.25, -0.2) is 18.2 Å². The van der Waals surface area contributed by atoms with E-state index in [0.29, 0.717) is 12.2 Å². The van der Waals surface area contributed by atoms with E-state index < -0.39 is 23.1 Å². The molecule has 0 spiro atoms. The van der Waals surface area contributed by atoms with Crippen LogP contribution in [0, 0.1) is 17.5 Å². The van der Waals surface area contributed by atoms with Gasteiger partial charge < -0.3 is 15.5 Å². The molecule has 0 saturated carbocycles.